The fourth-order valence-corrected chi connectivity index (χ4v) is 5.54. The number of aromatic nitrogens is 3. The highest BCUT2D eigenvalue weighted by molar-refractivity contribution is 6.26. The third-order valence-corrected chi connectivity index (χ3v) is 7.91. The average Bonchev–Trinajstić information content (AvgIpc) is 3.23. The van der Waals surface area contributed by atoms with Crippen LogP contribution in [0.1, 0.15) is 6.92 Å². The maximum Gasteiger partial charge on any atom is 0.316 e. The summed E-state index contributed by atoms with van der Waals surface area (Å²) in [5.41, 5.74) is 17.6. The summed E-state index contributed by atoms with van der Waals surface area (Å²) in [5, 5.41) is 1.56. The van der Waals surface area contributed by atoms with Crippen LogP contribution in [0.15, 0.2) is 90.5 Å². The molecule has 0 radical (unpaired) electrons. The van der Waals surface area contributed by atoms with Crippen LogP contribution in [0.3, 0.4) is 0 Å². The van der Waals surface area contributed by atoms with E-state index in [2.05, 4.69) is 14.9 Å². The number of quaternary nitrogens is 1. The molecule has 0 bridgehead atoms. The Kier molecular flexibility index (Phi) is 6.89. The molecule has 4 aromatic rings. The Morgan fingerprint density at radius 3 is 2.36 bits per heavy atom. The number of ether oxygens (including phenoxy) is 1. The number of nitrogens with two attached hydrogens (primary N) is 2. The van der Waals surface area contributed by atoms with E-state index >= 15 is 0 Å². The Balaban J connectivity index is 1.36. The highest BCUT2D eigenvalue weighted by atomic mass is 16.5. The van der Waals surface area contributed by atoms with Crippen LogP contribution in [0.25, 0.3) is 22.5 Å². The second-order valence-corrected chi connectivity index (χ2v) is 10.3. The Hall–Kier alpha value is -5.13. The molecule has 0 spiro atoms. The van der Waals surface area contributed by atoms with Crippen molar-refractivity contribution in [1.82, 2.24) is 19.5 Å². The van der Waals surface area contributed by atoms with Gasteiger partial charge >= 0.3 is 5.91 Å². The predicted octanol–water partition coefficient (Wildman–Crippen LogP) is 3.28. The molecule has 2 amide bonds. The summed E-state index contributed by atoms with van der Waals surface area (Å²) in [5.74, 6) is -0.920. The van der Waals surface area contributed by atoms with Gasteiger partial charge in [-0.25, -0.2) is 9.97 Å². The molecule has 2 aromatic carbocycles. The maximum absolute atomic E-state index is 13.5. The second kappa shape index (κ2) is 10.7. The van der Waals surface area contributed by atoms with E-state index in [9.17, 15) is 9.59 Å². The van der Waals surface area contributed by atoms with Gasteiger partial charge in [0, 0.05) is 49.5 Å². The molecule has 2 aliphatic heterocycles. The minimum Gasteiger partial charge on any atom is -0.382 e. The number of hydrogen-bond donors (Lipinski definition) is 2. The van der Waals surface area contributed by atoms with Crippen LogP contribution in [0.5, 0.6) is 0 Å². The van der Waals surface area contributed by atoms with Gasteiger partial charge in [0.2, 0.25) is 0 Å². The molecule has 0 saturated carbocycles. The number of benzene rings is 2. The highest BCUT2D eigenvalue weighted by Crippen LogP contribution is 2.41. The zero-order valence-corrected chi connectivity index (χ0v) is 23.4. The van der Waals surface area contributed by atoms with E-state index in [0.29, 0.717) is 41.8 Å². The van der Waals surface area contributed by atoms with Gasteiger partial charge in [-0.3, -0.25) is 14.6 Å². The number of nitrogen functional groups attached to an aromatic ring is 1. The Morgan fingerprint density at radius 2 is 1.67 bits per heavy atom. The van der Waals surface area contributed by atoms with E-state index in [4.69, 9.17) is 21.2 Å². The topological polar surface area (TPSA) is 141 Å². The van der Waals surface area contributed by atoms with Crippen molar-refractivity contribution >= 4 is 34.7 Å². The first-order valence-electron chi connectivity index (χ1n) is 13.6. The number of anilines is 3. The molecule has 4 heterocycles. The molecule has 42 heavy (non-hydrogen) atoms. The molecule has 1 fully saturated rings. The molecule has 0 aliphatic carbocycles. The van der Waals surface area contributed by atoms with Gasteiger partial charge < -0.3 is 21.1 Å². The number of primary amides is 1. The lowest BCUT2D eigenvalue weighted by molar-refractivity contribution is -0.120. The summed E-state index contributed by atoms with van der Waals surface area (Å²) in [6, 6.07) is 18.8. The molecule has 2 aliphatic rings. The van der Waals surface area contributed by atoms with Gasteiger partial charge in [0.15, 0.2) is 17.0 Å². The highest BCUT2D eigenvalue weighted by Gasteiger charge is 2.52. The Bertz CT molecular complexity index is 1700. The minimum absolute atomic E-state index is 0.0267. The Morgan fingerprint density at radius 1 is 0.952 bits per heavy atom. The van der Waals surface area contributed by atoms with Crippen molar-refractivity contribution in [3.05, 3.63) is 90.5 Å². The van der Waals surface area contributed by atoms with Crippen LogP contribution >= 0.6 is 0 Å². The lowest BCUT2D eigenvalue weighted by Crippen LogP contribution is -2.56. The van der Waals surface area contributed by atoms with Crippen molar-refractivity contribution in [2.75, 3.05) is 49.0 Å². The summed E-state index contributed by atoms with van der Waals surface area (Å²) in [6.07, 6.45) is 5.24. The van der Waals surface area contributed by atoms with Crippen molar-refractivity contribution in [3.8, 4) is 22.5 Å². The number of morpholine rings is 1. The fraction of sp³-hybridized carbons (Fsp3) is 0.194. The minimum atomic E-state index is -0.760. The molecule has 2 aromatic heterocycles. The number of carbonyl (C=O) groups is 2. The number of carbonyl (C=O) groups excluding carboxylic acids is 2. The van der Waals surface area contributed by atoms with E-state index in [1.807, 2.05) is 73.9 Å². The third-order valence-electron chi connectivity index (χ3n) is 7.91. The molecule has 6 rings (SSSR count). The summed E-state index contributed by atoms with van der Waals surface area (Å²) in [6.45, 7) is 4.72. The van der Waals surface area contributed by atoms with Crippen LogP contribution in [-0.2, 0) is 14.3 Å². The van der Waals surface area contributed by atoms with E-state index in [1.165, 1.54) is 0 Å². The number of para-hydroxylation sites is 1. The molecule has 1 unspecified atom stereocenters. The molecular formula is C31H31N8O3+. The maximum atomic E-state index is 13.5. The first-order valence-corrected chi connectivity index (χ1v) is 13.6. The first kappa shape index (κ1) is 27.1. The van der Waals surface area contributed by atoms with Crippen molar-refractivity contribution < 1.29 is 14.3 Å². The fourth-order valence-electron chi connectivity index (χ4n) is 5.54. The molecule has 11 nitrogen and oxygen atoms in total. The summed E-state index contributed by atoms with van der Waals surface area (Å²) in [4.78, 5) is 41.8. The lowest BCUT2D eigenvalue weighted by Gasteiger charge is -2.37. The van der Waals surface area contributed by atoms with Crippen LogP contribution in [0.2, 0.25) is 0 Å². The molecular weight excluding hydrogens is 532 g/mol. The van der Waals surface area contributed by atoms with Crippen molar-refractivity contribution in [3.63, 3.8) is 0 Å². The number of allylic oxidation sites excluding steroid dienone is 1. The molecule has 11 heteroatoms. The lowest BCUT2D eigenvalue weighted by atomic mass is 10.1. The van der Waals surface area contributed by atoms with Gasteiger partial charge in [-0.1, -0.05) is 18.2 Å². The van der Waals surface area contributed by atoms with Gasteiger partial charge in [-0.2, -0.15) is 4.59 Å². The summed E-state index contributed by atoms with van der Waals surface area (Å²) in [7, 11) is 1.86. The zero-order valence-electron chi connectivity index (χ0n) is 23.4. The van der Waals surface area contributed by atoms with Gasteiger partial charge in [-0.15, -0.1) is 5.01 Å². The van der Waals surface area contributed by atoms with E-state index in [0.717, 1.165) is 35.6 Å². The number of nitrogens with zero attached hydrogens (tertiary/aromatic N) is 6. The monoisotopic (exact) mass is 563 g/mol. The predicted molar refractivity (Wildman–Crippen MR) is 162 cm³/mol. The SMILES string of the molecule is CC1=C(C(N)=O)C(=O)N(c2ccccc2)[N+]1(C)c1ccc(-c2nc(-c3cncc(N4CCOCC4)c3)cnc2N)cc1. The third kappa shape index (κ3) is 4.54. The van der Waals surface area contributed by atoms with Crippen LogP contribution in [0, 0.1) is 0 Å². The normalized spacial score (nSPS) is 19.0. The summed E-state index contributed by atoms with van der Waals surface area (Å²) < 4.78 is 5.41. The van der Waals surface area contributed by atoms with Crippen molar-refractivity contribution in [2.45, 2.75) is 6.92 Å². The van der Waals surface area contributed by atoms with Crippen molar-refractivity contribution in [2.24, 2.45) is 5.73 Å². The molecule has 212 valence electrons. The van der Waals surface area contributed by atoms with E-state index in [1.54, 1.807) is 24.3 Å². The second-order valence-electron chi connectivity index (χ2n) is 10.3. The summed E-state index contributed by atoms with van der Waals surface area (Å²) >= 11 is 0. The zero-order chi connectivity index (χ0) is 29.4. The van der Waals surface area contributed by atoms with Crippen LogP contribution in [-0.4, -0.2) is 60.1 Å². The number of rotatable bonds is 6. The smallest absolute Gasteiger partial charge is 0.316 e. The van der Waals surface area contributed by atoms with Gasteiger partial charge in [-0.05, 0) is 30.3 Å². The quantitative estimate of drug-likeness (QED) is 0.269. The van der Waals surface area contributed by atoms with Crippen molar-refractivity contribution in [1.29, 1.82) is 0 Å². The van der Waals surface area contributed by atoms with Crippen LogP contribution in [0.4, 0.5) is 22.9 Å². The van der Waals surface area contributed by atoms with Gasteiger partial charge in [0.25, 0.3) is 5.91 Å². The molecule has 1 saturated heterocycles. The number of hydrogen-bond acceptors (Lipinski definition) is 8. The average molecular weight is 564 g/mol. The molecule has 4 N–H and O–H groups in total. The van der Waals surface area contributed by atoms with E-state index < -0.39 is 11.8 Å². The van der Waals surface area contributed by atoms with Crippen LogP contribution < -0.4 is 26.0 Å². The van der Waals surface area contributed by atoms with Gasteiger partial charge in [0.1, 0.15) is 18.6 Å². The van der Waals surface area contributed by atoms with E-state index in [-0.39, 0.29) is 10.2 Å². The first-order chi connectivity index (χ1) is 20.3. The van der Waals surface area contributed by atoms with Gasteiger partial charge in [0.05, 0.1) is 42.7 Å². The Labute approximate surface area is 243 Å². The number of amides is 2. The largest absolute Gasteiger partial charge is 0.382 e. The standard InChI is InChI=1S/C31H30N8O3/c1-20-27(30(33)40)31(41)38(23-6-4-3-5-7-23)39(20,2)25-10-8-21(9-11-25)28-29(32)35-19-26(36-28)22-16-24(18-34-17-22)37-12-14-42-15-13-37/h3-11,16-19H,12-15H2,1-2H3,(H3-,32,33,35,40)/p+1. The number of pyridine rings is 1. The molecule has 1 atom stereocenters.